The summed E-state index contributed by atoms with van der Waals surface area (Å²) in [5, 5.41) is 15.5. The van der Waals surface area contributed by atoms with E-state index in [1.165, 1.54) is 12.1 Å². The number of alkyl halides is 3. The molecule has 0 unspecified atom stereocenters. The monoisotopic (exact) mass is 275 g/mol. The molecule has 0 radical (unpaired) electrons. The molecule has 1 heterocycles. The van der Waals surface area contributed by atoms with Gasteiger partial charge in [-0.05, 0) is 17.7 Å². The van der Waals surface area contributed by atoms with Crippen LogP contribution in [0.2, 0.25) is 0 Å². The first-order valence-electron chi connectivity index (χ1n) is 5.26. The topological polar surface area (TPSA) is 50.9 Å². The third kappa shape index (κ3) is 2.90. The predicted molar refractivity (Wildman–Crippen MR) is 56.4 cm³/mol. The van der Waals surface area contributed by atoms with E-state index in [0.717, 1.165) is 12.1 Å². The van der Waals surface area contributed by atoms with Crippen LogP contribution in [0.5, 0.6) is 0 Å². The maximum atomic E-state index is 12.8. The van der Waals surface area contributed by atoms with Crippen molar-refractivity contribution in [1.82, 2.24) is 15.0 Å². The second-order valence-electron chi connectivity index (χ2n) is 3.82. The van der Waals surface area contributed by atoms with Crippen molar-refractivity contribution in [2.45, 2.75) is 19.3 Å². The zero-order valence-electron chi connectivity index (χ0n) is 9.52. The van der Waals surface area contributed by atoms with Gasteiger partial charge in [-0.1, -0.05) is 17.3 Å². The molecule has 0 atom stereocenters. The van der Waals surface area contributed by atoms with Crippen molar-refractivity contribution in [3.05, 3.63) is 47.0 Å². The summed E-state index contributed by atoms with van der Waals surface area (Å²) in [6.07, 6.45) is -4.67. The fourth-order valence-electron chi connectivity index (χ4n) is 1.64. The van der Waals surface area contributed by atoms with Crippen molar-refractivity contribution in [2.24, 2.45) is 0 Å². The molecule has 0 amide bonds. The van der Waals surface area contributed by atoms with Gasteiger partial charge in [0.05, 0.1) is 13.2 Å². The third-order valence-electron chi connectivity index (χ3n) is 2.47. The lowest BCUT2D eigenvalue weighted by Crippen LogP contribution is -2.17. The van der Waals surface area contributed by atoms with E-state index in [1.807, 2.05) is 0 Å². The number of aliphatic hydroxyl groups is 1. The molecular formula is C11H9F4N3O. The molecule has 1 aromatic carbocycles. The van der Waals surface area contributed by atoms with Crippen LogP contribution in [0.25, 0.3) is 0 Å². The molecule has 4 nitrogen and oxygen atoms in total. The molecule has 0 saturated heterocycles. The Balaban J connectivity index is 2.35. The van der Waals surface area contributed by atoms with Crippen molar-refractivity contribution in [1.29, 1.82) is 0 Å². The largest absolute Gasteiger partial charge is 0.435 e. The van der Waals surface area contributed by atoms with Crippen molar-refractivity contribution < 1.29 is 22.7 Å². The van der Waals surface area contributed by atoms with Crippen molar-refractivity contribution in [3.8, 4) is 0 Å². The Morgan fingerprint density at radius 3 is 2.32 bits per heavy atom. The summed E-state index contributed by atoms with van der Waals surface area (Å²) >= 11 is 0. The van der Waals surface area contributed by atoms with E-state index in [-0.39, 0.29) is 6.54 Å². The Labute approximate surface area is 105 Å². The molecule has 0 aliphatic rings. The van der Waals surface area contributed by atoms with Crippen LogP contribution in [0.4, 0.5) is 17.6 Å². The van der Waals surface area contributed by atoms with Gasteiger partial charge in [0.25, 0.3) is 0 Å². The SMILES string of the molecule is OCc1nnn(Cc2ccc(F)cc2)c1C(F)(F)F. The molecule has 19 heavy (non-hydrogen) atoms. The first-order valence-corrected chi connectivity index (χ1v) is 5.26. The van der Waals surface area contributed by atoms with E-state index in [0.29, 0.717) is 10.2 Å². The molecule has 2 aromatic rings. The highest BCUT2D eigenvalue weighted by Crippen LogP contribution is 2.31. The lowest BCUT2D eigenvalue weighted by atomic mass is 10.2. The number of halogens is 4. The van der Waals surface area contributed by atoms with Crippen LogP contribution in [0.3, 0.4) is 0 Å². The Kier molecular flexibility index (Phi) is 3.52. The summed E-state index contributed by atoms with van der Waals surface area (Å²) in [6, 6.07) is 5.00. The van der Waals surface area contributed by atoms with Gasteiger partial charge in [0.2, 0.25) is 0 Å². The Morgan fingerprint density at radius 2 is 1.79 bits per heavy atom. The minimum Gasteiger partial charge on any atom is -0.390 e. The standard InChI is InChI=1S/C11H9F4N3O/c12-8-3-1-7(2-4-8)5-18-10(11(13,14)15)9(6-19)16-17-18/h1-4,19H,5-6H2. The van der Waals surface area contributed by atoms with Crippen LogP contribution in [-0.4, -0.2) is 20.1 Å². The van der Waals surface area contributed by atoms with Gasteiger partial charge in [-0.3, -0.25) is 0 Å². The first kappa shape index (κ1) is 13.5. The van der Waals surface area contributed by atoms with Crippen LogP contribution >= 0.6 is 0 Å². The second-order valence-corrected chi connectivity index (χ2v) is 3.82. The maximum Gasteiger partial charge on any atom is 0.435 e. The van der Waals surface area contributed by atoms with Crippen molar-refractivity contribution >= 4 is 0 Å². The number of aliphatic hydroxyl groups excluding tert-OH is 1. The normalized spacial score (nSPS) is 11.8. The summed E-state index contributed by atoms with van der Waals surface area (Å²) in [5.74, 6) is -0.477. The zero-order valence-corrected chi connectivity index (χ0v) is 9.52. The van der Waals surface area contributed by atoms with Crippen molar-refractivity contribution in [2.75, 3.05) is 0 Å². The molecule has 0 bridgehead atoms. The number of hydrogen-bond acceptors (Lipinski definition) is 3. The highest BCUT2D eigenvalue weighted by molar-refractivity contribution is 5.19. The van der Waals surface area contributed by atoms with Gasteiger partial charge in [-0.25, -0.2) is 9.07 Å². The van der Waals surface area contributed by atoms with Gasteiger partial charge in [-0.15, -0.1) is 5.10 Å². The molecule has 1 aromatic heterocycles. The maximum absolute atomic E-state index is 12.8. The van der Waals surface area contributed by atoms with E-state index in [1.54, 1.807) is 0 Å². The zero-order chi connectivity index (χ0) is 14.0. The minimum absolute atomic E-state index is 0.206. The number of rotatable bonds is 3. The van der Waals surface area contributed by atoms with Crippen LogP contribution in [0.1, 0.15) is 17.0 Å². The van der Waals surface area contributed by atoms with Crippen LogP contribution in [0.15, 0.2) is 24.3 Å². The second kappa shape index (κ2) is 4.96. The fourth-order valence-corrected chi connectivity index (χ4v) is 1.64. The smallest absolute Gasteiger partial charge is 0.390 e. The van der Waals surface area contributed by atoms with Gasteiger partial charge in [-0.2, -0.15) is 13.2 Å². The van der Waals surface area contributed by atoms with Gasteiger partial charge in [0.1, 0.15) is 11.5 Å². The van der Waals surface area contributed by atoms with E-state index in [4.69, 9.17) is 5.11 Å². The highest BCUT2D eigenvalue weighted by Gasteiger charge is 2.39. The predicted octanol–water partition coefficient (Wildman–Crippen LogP) is 1.98. The number of nitrogens with zero attached hydrogens (tertiary/aromatic N) is 3. The molecule has 2 rings (SSSR count). The number of aromatic nitrogens is 3. The number of benzene rings is 1. The average Bonchev–Trinajstić information content (AvgIpc) is 2.75. The summed E-state index contributed by atoms with van der Waals surface area (Å²) in [7, 11) is 0. The van der Waals surface area contributed by atoms with E-state index < -0.39 is 30.0 Å². The lowest BCUT2D eigenvalue weighted by Gasteiger charge is -2.10. The summed E-state index contributed by atoms with van der Waals surface area (Å²) in [5.41, 5.74) is -1.18. The number of hydrogen-bond donors (Lipinski definition) is 1. The summed E-state index contributed by atoms with van der Waals surface area (Å²) < 4.78 is 51.8. The van der Waals surface area contributed by atoms with Crippen LogP contribution in [-0.2, 0) is 19.3 Å². The van der Waals surface area contributed by atoms with Gasteiger partial charge < -0.3 is 5.11 Å². The molecule has 1 N–H and O–H groups in total. The summed E-state index contributed by atoms with van der Waals surface area (Å²) in [4.78, 5) is 0. The summed E-state index contributed by atoms with van der Waals surface area (Å²) in [6.45, 7) is -1.06. The average molecular weight is 275 g/mol. The first-order chi connectivity index (χ1) is 8.91. The van der Waals surface area contributed by atoms with Gasteiger partial charge in [0.15, 0.2) is 5.69 Å². The molecule has 8 heteroatoms. The van der Waals surface area contributed by atoms with Gasteiger partial charge in [0, 0.05) is 0 Å². The molecule has 0 spiro atoms. The van der Waals surface area contributed by atoms with E-state index in [9.17, 15) is 17.6 Å². The van der Waals surface area contributed by atoms with Crippen LogP contribution < -0.4 is 0 Å². The van der Waals surface area contributed by atoms with Gasteiger partial charge >= 0.3 is 6.18 Å². The minimum atomic E-state index is -4.67. The highest BCUT2D eigenvalue weighted by atomic mass is 19.4. The van der Waals surface area contributed by atoms with Crippen LogP contribution in [0, 0.1) is 5.82 Å². The molecule has 102 valence electrons. The fraction of sp³-hybridized carbons (Fsp3) is 0.273. The molecule has 0 aliphatic heterocycles. The van der Waals surface area contributed by atoms with E-state index in [2.05, 4.69) is 10.3 Å². The molecule has 0 aliphatic carbocycles. The van der Waals surface area contributed by atoms with E-state index >= 15 is 0 Å². The Bertz CT molecular complexity index is 562. The molecular weight excluding hydrogens is 266 g/mol. The lowest BCUT2D eigenvalue weighted by molar-refractivity contribution is -0.145. The Morgan fingerprint density at radius 1 is 1.16 bits per heavy atom. The Hall–Kier alpha value is -1.96. The third-order valence-corrected chi connectivity index (χ3v) is 2.47. The quantitative estimate of drug-likeness (QED) is 0.871. The van der Waals surface area contributed by atoms with Crippen molar-refractivity contribution in [3.63, 3.8) is 0 Å². The molecule has 0 saturated carbocycles. The molecule has 0 fully saturated rings.